The number of aliphatic carboxylic acids is 1. The molecule has 0 bridgehead atoms. The quantitative estimate of drug-likeness (QED) is 0.741. The van der Waals surface area contributed by atoms with Gasteiger partial charge in [0.1, 0.15) is 18.9 Å². The number of benzene rings is 1. The van der Waals surface area contributed by atoms with E-state index in [9.17, 15) is 19.5 Å². The van der Waals surface area contributed by atoms with Crippen molar-refractivity contribution in [1.29, 1.82) is 0 Å². The highest BCUT2D eigenvalue weighted by Gasteiger charge is 2.21. The Bertz CT molecular complexity index is 720. The van der Waals surface area contributed by atoms with Gasteiger partial charge < -0.3 is 10.4 Å². The zero-order valence-electron chi connectivity index (χ0n) is 12.0. The Morgan fingerprint density at radius 3 is 2.55 bits per heavy atom. The lowest BCUT2D eigenvalue weighted by Gasteiger charge is -2.14. The second-order valence-electron chi connectivity index (χ2n) is 4.83. The second-order valence-corrected chi connectivity index (χ2v) is 4.83. The first-order valence-electron chi connectivity index (χ1n) is 6.62. The summed E-state index contributed by atoms with van der Waals surface area (Å²) in [6, 6.07) is 7.92. The largest absolute Gasteiger partial charge is 0.480 e. The summed E-state index contributed by atoms with van der Waals surface area (Å²) in [5.74, 6) is -1.71. The van der Waals surface area contributed by atoms with Crippen LogP contribution in [-0.2, 0) is 29.6 Å². The van der Waals surface area contributed by atoms with Gasteiger partial charge in [-0.05, 0) is 5.56 Å². The van der Waals surface area contributed by atoms with Gasteiger partial charge in [-0.2, -0.15) is 5.10 Å². The van der Waals surface area contributed by atoms with E-state index in [-0.39, 0.29) is 13.0 Å². The molecule has 1 amide bonds. The van der Waals surface area contributed by atoms with E-state index in [4.69, 9.17) is 0 Å². The van der Waals surface area contributed by atoms with Gasteiger partial charge in [0.25, 0.3) is 0 Å². The third-order valence-electron chi connectivity index (χ3n) is 3.10. The molecule has 0 aliphatic rings. The Morgan fingerprint density at radius 1 is 1.32 bits per heavy atom. The Morgan fingerprint density at radius 2 is 2.00 bits per heavy atom. The van der Waals surface area contributed by atoms with Crippen molar-refractivity contribution in [2.45, 2.75) is 19.0 Å². The van der Waals surface area contributed by atoms with Crippen molar-refractivity contribution in [3.63, 3.8) is 0 Å². The highest BCUT2D eigenvalue weighted by molar-refractivity contribution is 5.83. The Labute approximate surface area is 126 Å². The van der Waals surface area contributed by atoms with Crippen LogP contribution in [0, 0.1) is 0 Å². The second kappa shape index (κ2) is 6.70. The molecule has 1 aromatic heterocycles. The minimum Gasteiger partial charge on any atom is -0.480 e. The Balaban J connectivity index is 2.02. The van der Waals surface area contributed by atoms with Crippen LogP contribution in [0.15, 0.2) is 41.5 Å². The molecule has 1 aromatic carbocycles. The molecule has 8 nitrogen and oxygen atoms in total. The van der Waals surface area contributed by atoms with Crippen LogP contribution in [0.1, 0.15) is 5.56 Å². The summed E-state index contributed by atoms with van der Waals surface area (Å²) in [6.07, 6.45) is 1.45. The molecule has 0 aliphatic carbocycles. The molecule has 1 atom stereocenters. The fourth-order valence-electron chi connectivity index (χ4n) is 1.95. The number of hydrogen-bond donors (Lipinski definition) is 2. The normalized spacial score (nSPS) is 11.9. The van der Waals surface area contributed by atoms with Gasteiger partial charge in [-0.25, -0.2) is 14.3 Å². The first-order chi connectivity index (χ1) is 10.5. The SMILES string of the molecule is Cn1cnn(CC(=O)N[C@@H](Cc2ccccc2)C(=O)O)c1=O. The first kappa shape index (κ1) is 15.5. The molecule has 22 heavy (non-hydrogen) atoms. The standard InChI is InChI=1S/C14H16N4O4/c1-17-9-15-18(14(17)22)8-12(19)16-11(13(20)21)7-10-5-3-2-4-6-10/h2-6,9,11H,7-8H2,1H3,(H,16,19)(H,20,21)/t11-/m0/s1. The summed E-state index contributed by atoms with van der Waals surface area (Å²) in [7, 11) is 1.51. The Hall–Kier alpha value is -2.90. The smallest absolute Gasteiger partial charge is 0.345 e. The van der Waals surface area contributed by atoms with E-state index in [0.717, 1.165) is 10.2 Å². The van der Waals surface area contributed by atoms with Crippen LogP contribution in [0.2, 0.25) is 0 Å². The summed E-state index contributed by atoms with van der Waals surface area (Å²) in [5.41, 5.74) is 0.357. The van der Waals surface area contributed by atoms with Crippen molar-refractivity contribution >= 4 is 11.9 Å². The number of nitrogens with zero attached hydrogens (tertiary/aromatic N) is 3. The molecular formula is C14H16N4O4. The summed E-state index contributed by atoms with van der Waals surface area (Å²) in [4.78, 5) is 34.7. The number of carboxylic acids is 1. The van der Waals surface area contributed by atoms with Crippen LogP contribution < -0.4 is 11.0 Å². The summed E-state index contributed by atoms with van der Waals surface area (Å²) >= 11 is 0. The predicted octanol–water partition coefficient (Wildman–Crippen LogP) is -0.606. The molecular weight excluding hydrogens is 288 g/mol. The molecule has 0 fully saturated rings. The minimum absolute atomic E-state index is 0.166. The van der Waals surface area contributed by atoms with E-state index in [0.29, 0.717) is 0 Å². The zero-order chi connectivity index (χ0) is 16.1. The molecule has 1 heterocycles. The lowest BCUT2D eigenvalue weighted by atomic mass is 10.1. The minimum atomic E-state index is -1.13. The summed E-state index contributed by atoms with van der Waals surface area (Å²) < 4.78 is 2.20. The molecule has 0 saturated carbocycles. The van der Waals surface area contributed by atoms with Crippen molar-refractivity contribution in [2.75, 3.05) is 0 Å². The maximum Gasteiger partial charge on any atom is 0.345 e. The van der Waals surface area contributed by atoms with E-state index in [1.165, 1.54) is 17.9 Å². The van der Waals surface area contributed by atoms with Crippen LogP contribution in [0.4, 0.5) is 0 Å². The fraction of sp³-hybridized carbons (Fsp3) is 0.286. The van der Waals surface area contributed by atoms with Crippen LogP contribution in [0.5, 0.6) is 0 Å². The van der Waals surface area contributed by atoms with Crippen molar-refractivity contribution in [3.05, 3.63) is 52.7 Å². The van der Waals surface area contributed by atoms with Gasteiger partial charge in [-0.3, -0.25) is 9.36 Å². The lowest BCUT2D eigenvalue weighted by molar-refractivity contribution is -0.141. The number of carbonyl (C=O) groups is 2. The molecule has 2 aromatic rings. The molecule has 0 saturated heterocycles. The number of amides is 1. The predicted molar refractivity (Wildman–Crippen MR) is 77.2 cm³/mol. The van der Waals surface area contributed by atoms with Crippen molar-refractivity contribution in [3.8, 4) is 0 Å². The molecule has 0 unspecified atom stereocenters. The van der Waals surface area contributed by atoms with Crippen molar-refractivity contribution in [1.82, 2.24) is 19.7 Å². The number of aryl methyl sites for hydroxylation is 1. The van der Waals surface area contributed by atoms with Gasteiger partial charge in [0.05, 0.1) is 0 Å². The van der Waals surface area contributed by atoms with Crippen molar-refractivity contribution < 1.29 is 14.7 Å². The van der Waals surface area contributed by atoms with Gasteiger partial charge in [0.15, 0.2) is 0 Å². The maximum atomic E-state index is 11.9. The summed E-state index contributed by atoms with van der Waals surface area (Å²) in [6.45, 7) is -0.321. The van der Waals surface area contributed by atoms with Crippen LogP contribution in [-0.4, -0.2) is 37.4 Å². The Kier molecular flexibility index (Phi) is 4.72. The molecule has 2 N–H and O–H groups in total. The maximum absolute atomic E-state index is 11.9. The third kappa shape index (κ3) is 3.81. The monoisotopic (exact) mass is 304 g/mol. The number of carbonyl (C=O) groups excluding carboxylic acids is 1. The number of rotatable bonds is 6. The molecule has 0 aliphatic heterocycles. The van der Waals surface area contributed by atoms with Crippen LogP contribution in [0.25, 0.3) is 0 Å². The highest BCUT2D eigenvalue weighted by atomic mass is 16.4. The van der Waals surface area contributed by atoms with E-state index in [1.807, 2.05) is 6.07 Å². The highest BCUT2D eigenvalue weighted by Crippen LogP contribution is 2.03. The van der Waals surface area contributed by atoms with Gasteiger partial charge in [-0.15, -0.1) is 0 Å². The molecule has 0 spiro atoms. The summed E-state index contributed by atoms with van der Waals surface area (Å²) in [5, 5.41) is 15.4. The molecule has 0 radical (unpaired) electrons. The molecule has 2 rings (SSSR count). The van der Waals surface area contributed by atoms with Crippen LogP contribution >= 0.6 is 0 Å². The fourth-order valence-corrected chi connectivity index (χ4v) is 1.95. The first-order valence-corrected chi connectivity index (χ1v) is 6.62. The van der Waals surface area contributed by atoms with Gasteiger partial charge in [-0.1, -0.05) is 30.3 Å². The number of aromatic nitrogens is 3. The van der Waals surface area contributed by atoms with E-state index in [2.05, 4.69) is 10.4 Å². The molecule has 8 heteroatoms. The topological polar surface area (TPSA) is 106 Å². The zero-order valence-corrected chi connectivity index (χ0v) is 12.0. The van der Waals surface area contributed by atoms with Gasteiger partial charge >= 0.3 is 11.7 Å². The number of hydrogen-bond acceptors (Lipinski definition) is 4. The van der Waals surface area contributed by atoms with E-state index < -0.39 is 23.6 Å². The average molecular weight is 304 g/mol. The lowest BCUT2D eigenvalue weighted by Crippen LogP contribution is -2.44. The van der Waals surface area contributed by atoms with E-state index in [1.54, 1.807) is 24.3 Å². The van der Waals surface area contributed by atoms with E-state index >= 15 is 0 Å². The van der Waals surface area contributed by atoms with Gasteiger partial charge in [0, 0.05) is 13.5 Å². The molecule has 116 valence electrons. The van der Waals surface area contributed by atoms with Gasteiger partial charge in [0.2, 0.25) is 5.91 Å². The third-order valence-corrected chi connectivity index (χ3v) is 3.10. The van der Waals surface area contributed by atoms with Crippen LogP contribution in [0.3, 0.4) is 0 Å². The number of nitrogens with one attached hydrogen (secondary N) is 1. The average Bonchev–Trinajstić information content (AvgIpc) is 2.79. The number of carboxylic acid groups (broad SMARTS) is 1. The van der Waals surface area contributed by atoms with Crippen molar-refractivity contribution in [2.24, 2.45) is 7.05 Å².